The molecule has 0 radical (unpaired) electrons. The number of anilines is 1. The molecule has 1 aromatic rings. The molecule has 2 atom stereocenters. The van der Waals surface area contributed by atoms with Crippen LogP contribution >= 0.6 is 0 Å². The number of nitrogens with one attached hydrogen (secondary N) is 1. The van der Waals surface area contributed by atoms with Crippen molar-refractivity contribution in [2.45, 2.75) is 39.2 Å². The molecular formula is C9H15N3O. The van der Waals surface area contributed by atoms with E-state index in [2.05, 4.69) is 22.4 Å². The number of aromatic nitrogens is 2. The molecule has 0 spiro atoms. The summed E-state index contributed by atoms with van der Waals surface area (Å²) in [7, 11) is 0. The Kier molecular flexibility index (Phi) is 2.20. The van der Waals surface area contributed by atoms with Gasteiger partial charge >= 0.3 is 6.01 Å². The minimum Gasteiger partial charge on any atom is -0.408 e. The molecule has 0 bridgehead atoms. The molecule has 1 N–H and O–H groups in total. The zero-order valence-corrected chi connectivity index (χ0v) is 8.08. The van der Waals surface area contributed by atoms with Gasteiger partial charge in [0.1, 0.15) is 0 Å². The van der Waals surface area contributed by atoms with Crippen LogP contribution in [-0.4, -0.2) is 16.2 Å². The van der Waals surface area contributed by atoms with Gasteiger partial charge in [0.15, 0.2) is 0 Å². The van der Waals surface area contributed by atoms with Crippen LogP contribution in [0.15, 0.2) is 4.42 Å². The van der Waals surface area contributed by atoms with E-state index in [1.165, 1.54) is 19.3 Å². The number of hydrogen-bond donors (Lipinski definition) is 1. The van der Waals surface area contributed by atoms with Gasteiger partial charge in [0.2, 0.25) is 5.89 Å². The van der Waals surface area contributed by atoms with Crippen molar-refractivity contribution in [1.29, 1.82) is 0 Å². The van der Waals surface area contributed by atoms with Crippen LogP contribution in [0.3, 0.4) is 0 Å². The van der Waals surface area contributed by atoms with Crippen molar-refractivity contribution in [3.05, 3.63) is 5.89 Å². The highest BCUT2D eigenvalue weighted by Gasteiger charge is 2.22. The number of hydrogen-bond acceptors (Lipinski definition) is 4. The Morgan fingerprint density at radius 2 is 2.23 bits per heavy atom. The Hall–Kier alpha value is -1.06. The first-order valence-electron chi connectivity index (χ1n) is 4.80. The van der Waals surface area contributed by atoms with Crippen LogP contribution in [0.25, 0.3) is 0 Å². The molecule has 0 saturated heterocycles. The first kappa shape index (κ1) is 8.53. The van der Waals surface area contributed by atoms with Gasteiger partial charge in [-0.2, -0.15) is 0 Å². The largest absolute Gasteiger partial charge is 0.408 e. The maximum absolute atomic E-state index is 5.25. The van der Waals surface area contributed by atoms with E-state index in [-0.39, 0.29) is 0 Å². The molecule has 0 amide bonds. The van der Waals surface area contributed by atoms with E-state index in [1.807, 2.05) is 0 Å². The molecule has 0 aliphatic heterocycles. The second kappa shape index (κ2) is 3.36. The van der Waals surface area contributed by atoms with Gasteiger partial charge in [0.05, 0.1) is 0 Å². The molecule has 1 fully saturated rings. The average molecular weight is 181 g/mol. The molecule has 1 saturated carbocycles. The molecule has 13 heavy (non-hydrogen) atoms. The van der Waals surface area contributed by atoms with Gasteiger partial charge < -0.3 is 9.73 Å². The Labute approximate surface area is 77.7 Å². The van der Waals surface area contributed by atoms with Gasteiger partial charge in [-0.25, -0.2) is 0 Å². The lowest BCUT2D eigenvalue weighted by molar-refractivity contribution is 0.519. The Bertz CT molecular complexity index is 284. The van der Waals surface area contributed by atoms with Crippen molar-refractivity contribution >= 4 is 6.01 Å². The van der Waals surface area contributed by atoms with Gasteiger partial charge in [0.25, 0.3) is 0 Å². The third-order valence-corrected chi connectivity index (χ3v) is 2.55. The van der Waals surface area contributed by atoms with E-state index in [4.69, 9.17) is 4.42 Å². The molecule has 1 aliphatic carbocycles. The predicted octanol–water partition coefficient (Wildman–Crippen LogP) is 1.98. The van der Waals surface area contributed by atoms with Crippen LogP contribution in [0.2, 0.25) is 0 Å². The Morgan fingerprint density at radius 3 is 2.77 bits per heavy atom. The van der Waals surface area contributed by atoms with E-state index < -0.39 is 0 Å². The molecule has 72 valence electrons. The zero-order valence-electron chi connectivity index (χ0n) is 8.08. The van der Waals surface area contributed by atoms with Crippen molar-refractivity contribution in [2.75, 3.05) is 5.32 Å². The van der Waals surface area contributed by atoms with Crippen LogP contribution in [0.5, 0.6) is 0 Å². The fraction of sp³-hybridized carbons (Fsp3) is 0.778. The zero-order chi connectivity index (χ0) is 9.26. The third kappa shape index (κ3) is 1.99. The van der Waals surface area contributed by atoms with E-state index in [0.717, 1.165) is 5.92 Å². The quantitative estimate of drug-likeness (QED) is 0.758. The molecular weight excluding hydrogens is 166 g/mol. The topological polar surface area (TPSA) is 51.0 Å². The normalized spacial score (nSPS) is 27.8. The van der Waals surface area contributed by atoms with Gasteiger partial charge in [-0.3, -0.25) is 0 Å². The average Bonchev–Trinajstić information content (AvgIpc) is 2.62. The summed E-state index contributed by atoms with van der Waals surface area (Å²) >= 11 is 0. The van der Waals surface area contributed by atoms with Gasteiger partial charge in [0, 0.05) is 13.0 Å². The van der Waals surface area contributed by atoms with Crippen LogP contribution in [0.4, 0.5) is 6.01 Å². The molecule has 2 rings (SSSR count). The summed E-state index contributed by atoms with van der Waals surface area (Å²) in [5.41, 5.74) is 0. The highest BCUT2D eigenvalue weighted by molar-refractivity contribution is 5.19. The smallest absolute Gasteiger partial charge is 0.315 e. The summed E-state index contributed by atoms with van der Waals surface area (Å²) in [6.45, 7) is 4.08. The fourth-order valence-electron chi connectivity index (χ4n) is 1.87. The molecule has 1 heterocycles. The van der Waals surface area contributed by atoms with Gasteiger partial charge in [-0.1, -0.05) is 12.0 Å². The first-order chi connectivity index (χ1) is 6.24. The van der Waals surface area contributed by atoms with Crippen molar-refractivity contribution < 1.29 is 4.42 Å². The maximum Gasteiger partial charge on any atom is 0.315 e. The van der Waals surface area contributed by atoms with Crippen LogP contribution in [0, 0.1) is 12.8 Å². The fourth-order valence-corrected chi connectivity index (χ4v) is 1.87. The minimum atomic E-state index is 0.523. The standard InChI is InChI=1S/C9H15N3O/c1-6-3-4-8(5-6)10-9-12-11-7(2)13-9/h6,8H,3-5H2,1-2H3,(H,10,12). The molecule has 1 aromatic heterocycles. The summed E-state index contributed by atoms with van der Waals surface area (Å²) in [5, 5.41) is 10.9. The second-order valence-electron chi connectivity index (χ2n) is 3.89. The van der Waals surface area contributed by atoms with E-state index in [9.17, 15) is 0 Å². The van der Waals surface area contributed by atoms with Gasteiger partial charge in [-0.05, 0) is 25.2 Å². The minimum absolute atomic E-state index is 0.523. The van der Waals surface area contributed by atoms with Crippen molar-refractivity contribution in [3.63, 3.8) is 0 Å². The summed E-state index contributed by atoms with van der Waals surface area (Å²) in [5.74, 6) is 1.44. The second-order valence-corrected chi connectivity index (χ2v) is 3.89. The van der Waals surface area contributed by atoms with Crippen LogP contribution < -0.4 is 5.32 Å². The number of rotatable bonds is 2. The van der Waals surface area contributed by atoms with Crippen molar-refractivity contribution in [1.82, 2.24) is 10.2 Å². The molecule has 4 nitrogen and oxygen atoms in total. The SMILES string of the molecule is Cc1nnc(NC2CCC(C)C2)o1. The highest BCUT2D eigenvalue weighted by atomic mass is 16.4. The van der Waals surface area contributed by atoms with Crippen LogP contribution in [-0.2, 0) is 0 Å². The number of nitrogens with zero attached hydrogens (tertiary/aromatic N) is 2. The lowest BCUT2D eigenvalue weighted by Gasteiger charge is -2.08. The lowest BCUT2D eigenvalue weighted by Crippen LogP contribution is -2.15. The summed E-state index contributed by atoms with van der Waals surface area (Å²) < 4.78 is 5.25. The van der Waals surface area contributed by atoms with Crippen molar-refractivity contribution in [2.24, 2.45) is 5.92 Å². The summed E-state index contributed by atoms with van der Waals surface area (Å²) in [4.78, 5) is 0. The Morgan fingerprint density at radius 1 is 1.38 bits per heavy atom. The maximum atomic E-state index is 5.25. The highest BCUT2D eigenvalue weighted by Crippen LogP contribution is 2.26. The molecule has 1 aliphatic rings. The van der Waals surface area contributed by atoms with Crippen molar-refractivity contribution in [3.8, 4) is 0 Å². The molecule has 4 heteroatoms. The molecule has 2 unspecified atom stereocenters. The first-order valence-corrected chi connectivity index (χ1v) is 4.80. The predicted molar refractivity (Wildman–Crippen MR) is 49.5 cm³/mol. The Balaban J connectivity index is 1.91. The van der Waals surface area contributed by atoms with E-state index >= 15 is 0 Å². The summed E-state index contributed by atoms with van der Waals surface area (Å²) in [6, 6.07) is 1.09. The van der Waals surface area contributed by atoms with E-state index in [1.54, 1.807) is 6.92 Å². The monoisotopic (exact) mass is 181 g/mol. The number of aryl methyl sites for hydroxylation is 1. The lowest BCUT2D eigenvalue weighted by atomic mass is 10.1. The van der Waals surface area contributed by atoms with Crippen LogP contribution in [0.1, 0.15) is 32.1 Å². The van der Waals surface area contributed by atoms with E-state index in [0.29, 0.717) is 17.9 Å². The third-order valence-electron chi connectivity index (χ3n) is 2.55. The molecule has 0 aromatic carbocycles. The van der Waals surface area contributed by atoms with Gasteiger partial charge in [-0.15, -0.1) is 5.10 Å². The summed E-state index contributed by atoms with van der Waals surface area (Å²) in [6.07, 6.45) is 3.72.